The molecule has 1 fully saturated rings. The topological polar surface area (TPSA) is 49.6 Å². The number of aryl methyl sites for hydroxylation is 1. The number of benzene rings is 3. The standard InChI is InChI=1S/C29H28BrN3O2/c30-25-13-11-22(12-14-25)26-21-31-27(35-26)15-16-28(34)32-17-19-33(20-18-32)29(23-7-3-1-4-8-23)24-9-5-2-6-10-24/h1-14,21,29H,15-20H2. The van der Waals surface area contributed by atoms with Crippen LogP contribution in [0.25, 0.3) is 11.3 Å². The van der Waals surface area contributed by atoms with E-state index in [-0.39, 0.29) is 11.9 Å². The van der Waals surface area contributed by atoms with Crippen LogP contribution in [0.4, 0.5) is 0 Å². The van der Waals surface area contributed by atoms with Gasteiger partial charge in [-0.05, 0) is 23.3 Å². The Morgan fingerprint density at radius 3 is 2.06 bits per heavy atom. The van der Waals surface area contributed by atoms with Crippen molar-refractivity contribution in [2.45, 2.75) is 18.9 Å². The number of nitrogens with zero attached hydrogens (tertiary/aromatic N) is 3. The summed E-state index contributed by atoms with van der Waals surface area (Å²) in [4.78, 5) is 21.8. The highest BCUT2D eigenvalue weighted by Gasteiger charge is 2.28. The quantitative estimate of drug-likeness (QED) is 0.296. The number of rotatable bonds is 7. The Labute approximate surface area is 214 Å². The van der Waals surface area contributed by atoms with Gasteiger partial charge in [-0.3, -0.25) is 9.69 Å². The molecule has 6 heteroatoms. The van der Waals surface area contributed by atoms with E-state index in [9.17, 15) is 4.79 Å². The third kappa shape index (κ3) is 5.72. The van der Waals surface area contributed by atoms with E-state index in [1.807, 2.05) is 29.2 Å². The number of piperazine rings is 1. The molecule has 1 aliphatic heterocycles. The minimum atomic E-state index is 0.156. The minimum Gasteiger partial charge on any atom is -0.441 e. The SMILES string of the molecule is O=C(CCc1ncc(-c2ccc(Br)cc2)o1)N1CCN(C(c2ccccc2)c2ccccc2)CC1. The summed E-state index contributed by atoms with van der Waals surface area (Å²) in [6.07, 6.45) is 2.64. The summed E-state index contributed by atoms with van der Waals surface area (Å²) in [5.41, 5.74) is 3.54. The summed E-state index contributed by atoms with van der Waals surface area (Å²) in [6.45, 7) is 3.13. The molecule has 178 valence electrons. The van der Waals surface area contributed by atoms with Gasteiger partial charge in [-0.25, -0.2) is 4.98 Å². The fourth-order valence-electron chi connectivity index (χ4n) is 4.66. The molecule has 35 heavy (non-hydrogen) atoms. The Kier molecular flexibility index (Phi) is 7.40. The molecule has 5 rings (SSSR count). The first-order valence-electron chi connectivity index (χ1n) is 12.0. The highest BCUT2D eigenvalue weighted by Crippen LogP contribution is 2.29. The summed E-state index contributed by atoms with van der Waals surface area (Å²) in [5, 5.41) is 0. The van der Waals surface area contributed by atoms with Gasteiger partial charge in [0, 0.05) is 49.1 Å². The molecule has 0 radical (unpaired) electrons. The third-order valence-corrected chi connectivity index (χ3v) is 7.03. The van der Waals surface area contributed by atoms with Crippen LogP contribution in [0.2, 0.25) is 0 Å². The number of carbonyl (C=O) groups excluding carboxylic acids is 1. The molecule has 1 amide bonds. The van der Waals surface area contributed by atoms with E-state index >= 15 is 0 Å². The Morgan fingerprint density at radius 2 is 1.46 bits per heavy atom. The molecule has 4 aromatic rings. The maximum Gasteiger partial charge on any atom is 0.223 e. The van der Waals surface area contributed by atoms with E-state index in [1.54, 1.807) is 6.20 Å². The molecule has 1 saturated heterocycles. The monoisotopic (exact) mass is 529 g/mol. The van der Waals surface area contributed by atoms with Crippen molar-refractivity contribution in [3.63, 3.8) is 0 Å². The lowest BCUT2D eigenvalue weighted by molar-refractivity contribution is -0.133. The van der Waals surface area contributed by atoms with Crippen LogP contribution in [0, 0.1) is 0 Å². The number of aromatic nitrogens is 1. The zero-order chi connectivity index (χ0) is 24.0. The maximum atomic E-state index is 12.9. The molecular formula is C29H28BrN3O2. The van der Waals surface area contributed by atoms with Gasteiger partial charge in [0.15, 0.2) is 11.7 Å². The van der Waals surface area contributed by atoms with Gasteiger partial charge in [0.2, 0.25) is 5.91 Å². The van der Waals surface area contributed by atoms with E-state index < -0.39 is 0 Å². The van der Waals surface area contributed by atoms with Crippen molar-refractivity contribution in [3.05, 3.63) is 113 Å². The van der Waals surface area contributed by atoms with Crippen LogP contribution < -0.4 is 0 Å². The van der Waals surface area contributed by atoms with Gasteiger partial charge in [-0.2, -0.15) is 0 Å². The Morgan fingerprint density at radius 1 is 0.857 bits per heavy atom. The van der Waals surface area contributed by atoms with Crippen molar-refractivity contribution >= 4 is 21.8 Å². The van der Waals surface area contributed by atoms with E-state index in [0.29, 0.717) is 18.7 Å². The molecule has 1 aromatic heterocycles. The van der Waals surface area contributed by atoms with Crippen LogP contribution in [0.15, 0.2) is 100 Å². The number of hydrogen-bond acceptors (Lipinski definition) is 4. The van der Waals surface area contributed by atoms with E-state index in [0.717, 1.165) is 42.0 Å². The molecule has 1 aliphatic rings. The smallest absolute Gasteiger partial charge is 0.223 e. The van der Waals surface area contributed by atoms with Gasteiger partial charge in [0.25, 0.3) is 0 Å². The predicted molar refractivity (Wildman–Crippen MR) is 141 cm³/mol. The average Bonchev–Trinajstić information content (AvgIpc) is 3.39. The van der Waals surface area contributed by atoms with Gasteiger partial charge in [-0.1, -0.05) is 88.7 Å². The summed E-state index contributed by atoms with van der Waals surface area (Å²) >= 11 is 3.45. The van der Waals surface area contributed by atoms with E-state index in [2.05, 4.69) is 86.5 Å². The summed E-state index contributed by atoms with van der Waals surface area (Å²) in [5.74, 6) is 1.48. The largest absolute Gasteiger partial charge is 0.441 e. The van der Waals surface area contributed by atoms with Crippen molar-refractivity contribution in [3.8, 4) is 11.3 Å². The number of oxazole rings is 1. The first-order chi connectivity index (χ1) is 17.2. The number of hydrogen-bond donors (Lipinski definition) is 0. The Hall–Kier alpha value is -3.22. The Bertz CT molecular complexity index is 1190. The Balaban J connectivity index is 1.18. The van der Waals surface area contributed by atoms with Crippen molar-refractivity contribution in [1.29, 1.82) is 0 Å². The lowest BCUT2D eigenvalue weighted by Gasteiger charge is -2.39. The second kappa shape index (κ2) is 11.0. The number of amides is 1. The lowest BCUT2D eigenvalue weighted by Crippen LogP contribution is -2.49. The highest BCUT2D eigenvalue weighted by atomic mass is 79.9. The summed E-state index contributed by atoms with van der Waals surface area (Å²) < 4.78 is 6.91. The molecule has 5 nitrogen and oxygen atoms in total. The van der Waals surface area contributed by atoms with Gasteiger partial charge in [-0.15, -0.1) is 0 Å². The molecule has 3 aromatic carbocycles. The molecule has 0 saturated carbocycles. The van der Waals surface area contributed by atoms with Crippen molar-refractivity contribution in [2.75, 3.05) is 26.2 Å². The maximum absolute atomic E-state index is 12.9. The summed E-state index contributed by atoms with van der Waals surface area (Å²) in [6, 6.07) is 29.3. The zero-order valence-corrected chi connectivity index (χ0v) is 21.1. The van der Waals surface area contributed by atoms with Crippen molar-refractivity contribution < 1.29 is 9.21 Å². The number of carbonyl (C=O) groups is 1. The van der Waals surface area contributed by atoms with Gasteiger partial charge < -0.3 is 9.32 Å². The predicted octanol–water partition coefficient (Wildman–Crippen LogP) is 5.97. The molecule has 0 N–H and O–H groups in total. The summed E-state index contributed by atoms with van der Waals surface area (Å²) in [7, 11) is 0. The second-order valence-corrected chi connectivity index (χ2v) is 9.68. The molecule has 2 heterocycles. The third-order valence-electron chi connectivity index (χ3n) is 6.50. The van der Waals surface area contributed by atoms with E-state index in [1.165, 1.54) is 11.1 Å². The molecule has 0 spiro atoms. The molecule has 0 unspecified atom stereocenters. The lowest BCUT2D eigenvalue weighted by atomic mass is 9.96. The van der Waals surface area contributed by atoms with Crippen LogP contribution in [0.3, 0.4) is 0 Å². The minimum absolute atomic E-state index is 0.156. The normalized spacial score (nSPS) is 14.4. The number of halogens is 1. The average molecular weight is 530 g/mol. The van der Waals surface area contributed by atoms with Gasteiger partial charge in [0.1, 0.15) is 0 Å². The molecule has 0 atom stereocenters. The first-order valence-corrected chi connectivity index (χ1v) is 12.8. The highest BCUT2D eigenvalue weighted by molar-refractivity contribution is 9.10. The zero-order valence-electron chi connectivity index (χ0n) is 19.5. The first kappa shape index (κ1) is 23.5. The van der Waals surface area contributed by atoms with Crippen molar-refractivity contribution in [2.24, 2.45) is 0 Å². The van der Waals surface area contributed by atoms with Crippen LogP contribution in [0.1, 0.15) is 29.5 Å². The fourth-order valence-corrected chi connectivity index (χ4v) is 4.92. The molecule has 0 aliphatic carbocycles. The second-order valence-electron chi connectivity index (χ2n) is 8.77. The van der Waals surface area contributed by atoms with Crippen molar-refractivity contribution in [1.82, 2.24) is 14.8 Å². The van der Waals surface area contributed by atoms with Crippen LogP contribution in [-0.2, 0) is 11.2 Å². The van der Waals surface area contributed by atoms with Crippen LogP contribution in [0.5, 0.6) is 0 Å². The fraction of sp³-hybridized carbons (Fsp3) is 0.241. The van der Waals surface area contributed by atoms with Gasteiger partial charge in [0.05, 0.1) is 12.2 Å². The van der Waals surface area contributed by atoms with Crippen LogP contribution in [-0.4, -0.2) is 46.9 Å². The molecule has 0 bridgehead atoms. The van der Waals surface area contributed by atoms with Crippen LogP contribution >= 0.6 is 15.9 Å². The van der Waals surface area contributed by atoms with E-state index in [4.69, 9.17) is 4.42 Å². The molecular weight excluding hydrogens is 502 g/mol. The van der Waals surface area contributed by atoms with Gasteiger partial charge >= 0.3 is 0 Å².